The summed E-state index contributed by atoms with van der Waals surface area (Å²) < 4.78 is 0. The SMILES string of the molecule is Cc1cccc2c1C(=O)c1cccnc1-2. The first-order valence-corrected chi connectivity index (χ1v) is 4.89. The lowest BCUT2D eigenvalue weighted by Crippen LogP contribution is -1.97. The Morgan fingerprint density at radius 2 is 1.87 bits per heavy atom. The average molecular weight is 195 g/mol. The molecule has 0 fully saturated rings. The van der Waals surface area contributed by atoms with E-state index >= 15 is 0 Å². The van der Waals surface area contributed by atoms with Crippen molar-refractivity contribution in [3.8, 4) is 11.3 Å². The smallest absolute Gasteiger partial charge is 0.196 e. The van der Waals surface area contributed by atoms with Gasteiger partial charge in [-0.2, -0.15) is 0 Å². The Morgan fingerprint density at radius 3 is 2.73 bits per heavy atom. The normalized spacial score (nSPS) is 12.5. The van der Waals surface area contributed by atoms with Crippen molar-refractivity contribution in [1.29, 1.82) is 0 Å². The third-order valence-electron chi connectivity index (χ3n) is 2.81. The molecular formula is C13H9NO. The van der Waals surface area contributed by atoms with Crippen LogP contribution in [0.1, 0.15) is 21.5 Å². The number of hydrogen-bond donors (Lipinski definition) is 0. The molecule has 0 bridgehead atoms. The van der Waals surface area contributed by atoms with Crippen LogP contribution >= 0.6 is 0 Å². The Labute approximate surface area is 87.6 Å². The number of fused-ring (bicyclic) bond motifs is 3. The predicted octanol–water partition coefficient (Wildman–Crippen LogP) is 2.60. The van der Waals surface area contributed by atoms with Crippen LogP contribution in [0.3, 0.4) is 0 Å². The van der Waals surface area contributed by atoms with Gasteiger partial charge in [-0.1, -0.05) is 18.2 Å². The summed E-state index contributed by atoms with van der Waals surface area (Å²) in [6.45, 7) is 1.96. The maximum atomic E-state index is 12.1. The first kappa shape index (κ1) is 8.36. The van der Waals surface area contributed by atoms with Crippen LogP contribution in [0.5, 0.6) is 0 Å². The number of aryl methyl sites for hydroxylation is 1. The summed E-state index contributed by atoms with van der Waals surface area (Å²) in [7, 11) is 0. The highest BCUT2D eigenvalue weighted by molar-refractivity contribution is 6.21. The van der Waals surface area contributed by atoms with Gasteiger partial charge in [-0.15, -0.1) is 0 Å². The molecular weight excluding hydrogens is 186 g/mol. The Kier molecular flexibility index (Phi) is 1.54. The molecule has 2 aromatic rings. The van der Waals surface area contributed by atoms with Gasteiger partial charge in [0.25, 0.3) is 0 Å². The van der Waals surface area contributed by atoms with Crippen molar-refractivity contribution in [2.75, 3.05) is 0 Å². The van der Waals surface area contributed by atoms with Crippen LogP contribution in [0.4, 0.5) is 0 Å². The molecule has 1 aliphatic rings. The molecule has 2 heteroatoms. The largest absolute Gasteiger partial charge is 0.288 e. The van der Waals surface area contributed by atoms with Crippen LogP contribution in [0.25, 0.3) is 11.3 Å². The van der Waals surface area contributed by atoms with Crippen molar-refractivity contribution in [1.82, 2.24) is 4.98 Å². The summed E-state index contributed by atoms with van der Waals surface area (Å²) >= 11 is 0. The van der Waals surface area contributed by atoms with Crippen molar-refractivity contribution in [3.05, 3.63) is 53.2 Å². The van der Waals surface area contributed by atoms with Gasteiger partial charge >= 0.3 is 0 Å². The highest BCUT2D eigenvalue weighted by atomic mass is 16.1. The van der Waals surface area contributed by atoms with Crippen LogP contribution in [0.15, 0.2) is 36.5 Å². The number of aromatic nitrogens is 1. The summed E-state index contributed by atoms with van der Waals surface area (Å²) in [4.78, 5) is 16.3. The molecule has 0 spiro atoms. The summed E-state index contributed by atoms with van der Waals surface area (Å²) in [5, 5.41) is 0. The second kappa shape index (κ2) is 2.76. The number of pyridine rings is 1. The molecule has 3 rings (SSSR count). The first-order chi connectivity index (χ1) is 7.29. The fourth-order valence-corrected chi connectivity index (χ4v) is 2.10. The molecule has 0 amide bonds. The Balaban J connectivity index is 2.43. The highest BCUT2D eigenvalue weighted by Crippen LogP contribution is 2.35. The van der Waals surface area contributed by atoms with Crippen LogP contribution in [-0.4, -0.2) is 10.8 Å². The zero-order chi connectivity index (χ0) is 10.4. The minimum Gasteiger partial charge on any atom is -0.288 e. The molecule has 0 unspecified atom stereocenters. The molecule has 0 radical (unpaired) electrons. The zero-order valence-corrected chi connectivity index (χ0v) is 8.32. The van der Waals surface area contributed by atoms with Gasteiger partial charge < -0.3 is 0 Å². The number of benzene rings is 1. The molecule has 15 heavy (non-hydrogen) atoms. The predicted molar refractivity (Wildman–Crippen MR) is 57.8 cm³/mol. The lowest BCUT2D eigenvalue weighted by Gasteiger charge is -2.00. The van der Waals surface area contributed by atoms with Crippen molar-refractivity contribution >= 4 is 5.78 Å². The summed E-state index contributed by atoms with van der Waals surface area (Å²) in [5.74, 6) is 0.103. The Hall–Kier alpha value is -1.96. The van der Waals surface area contributed by atoms with Gasteiger partial charge in [-0.25, -0.2) is 0 Å². The number of ketones is 1. The second-order valence-electron chi connectivity index (χ2n) is 3.73. The third kappa shape index (κ3) is 0.988. The minimum atomic E-state index is 0.103. The van der Waals surface area contributed by atoms with E-state index in [9.17, 15) is 4.79 Å². The molecule has 1 heterocycles. The maximum Gasteiger partial charge on any atom is 0.196 e. The maximum absolute atomic E-state index is 12.1. The molecule has 0 saturated heterocycles. The molecule has 2 nitrogen and oxygen atoms in total. The van der Waals surface area contributed by atoms with Gasteiger partial charge in [0.1, 0.15) is 0 Å². The lowest BCUT2D eigenvalue weighted by molar-refractivity contribution is 0.104. The highest BCUT2D eigenvalue weighted by Gasteiger charge is 2.28. The topological polar surface area (TPSA) is 30.0 Å². The molecule has 0 aliphatic heterocycles. The van der Waals surface area contributed by atoms with E-state index in [-0.39, 0.29) is 5.78 Å². The van der Waals surface area contributed by atoms with Crippen LogP contribution in [-0.2, 0) is 0 Å². The third-order valence-corrected chi connectivity index (χ3v) is 2.81. The number of hydrogen-bond acceptors (Lipinski definition) is 2. The molecule has 0 atom stereocenters. The number of nitrogens with zero attached hydrogens (tertiary/aromatic N) is 1. The van der Waals surface area contributed by atoms with Gasteiger partial charge in [0.15, 0.2) is 5.78 Å². The van der Waals surface area contributed by atoms with Crippen LogP contribution in [0.2, 0.25) is 0 Å². The van der Waals surface area contributed by atoms with Crippen LogP contribution < -0.4 is 0 Å². The Bertz CT molecular complexity index is 572. The molecule has 0 N–H and O–H groups in total. The number of carbonyl (C=O) groups excluding carboxylic acids is 1. The van der Waals surface area contributed by atoms with Crippen molar-refractivity contribution in [3.63, 3.8) is 0 Å². The van der Waals surface area contributed by atoms with E-state index in [4.69, 9.17) is 0 Å². The standard InChI is InChI=1S/C13H9NO/c1-8-4-2-5-9-11(8)13(15)10-6-3-7-14-12(9)10/h2-7H,1H3. The molecule has 72 valence electrons. The zero-order valence-electron chi connectivity index (χ0n) is 8.32. The molecule has 1 aromatic heterocycles. The molecule has 1 aliphatic carbocycles. The monoisotopic (exact) mass is 195 g/mol. The lowest BCUT2D eigenvalue weighted by atomic mass is 10.0. The number of rotatable bonds is 0. The number of carbonyl (C=O) groups is 1. The van der Waals surface area contributed by atoms with E-state index in [1.165, 1.54) is 0 Å². The van der Waals surface area contributed by atoms with E-state index in [0.29, 0.717) is 0 Å². The van der Waals surface area contributed by atoms with E-state index in [1.54, 1.807) is 12.3 Å². The van der Waals surface area contributed by atoms with E-state index in [0.717, 1.165) is 27.9 Å². The summed E-state index contributed by atoms with van der Waals surface area (Å²) in [6.07, 6.45) is 1.73. The summed E-state index contributed by atoms with van der Waals surface area (Å²) in [5.41, 5.74) is 4.35. The van der Waals surface area contributed by atoms with Gasteiger partial charge in [0, 0.05) is 22.9 Å². The van der Waals surface area contributed by atoms with Gasteiger partial charge in [0.2, 0.25) is 0 Å². The Morgan fingerprint density at radius 1 is 1.07 bits per heavy atom. The minimum absolute atomic E-state index is 0.103. The van der Waals surface area contributed by atoms with Crippen molar-refractivity contribution < 1.29 is 4.79 Å². The average Bonchev–Trinajstić information content (AvgIpc) is 2.55. The van der Waals surface area contributed by atoms with E-state index < -0.39 is 0 Å². The van der Waals surface area contributed by atoms with E-state index in [2.05, 4.69) is 4.98 Å². The van der Waals surface area contributed by atoms with Gasteiger partial charge in [-0.05, 0) is 24.6 Å². The quantitative estimate of drug-likeness (QED) is 0.552. The van der Waals surface area contributed by atoms with Gasteiger partial charge in [-0.3, -0.25) is 9.78 Å². The van der Waals surface area contributed by atoms with Gasteiger partial charge in [0.05, 0.1) is 5.69 Å². The van der Waals surface area contributed by atoms with Crippen LogP contribution in [0, 0.1) is 6.92 Å². The van der Waals surface area contributed by atoms with E-state index in [1.807, 2.05) is 31.2 Å². The van der Waals surface area contributed by atoms with Crippen molar-refractivity contribution in [2.24, 2.45) is 0 Å². The first-order valence-electron chi connectivity index (χ1n) is 4.89. The molecule has 0 saturated carbocycles. The van der Waals surface area contributed by atoms with Crippen molar-refractivity contribution in [2.45, 2.75) is 6.92 Å². The fraction of sp³-hybridized carbons (Fsp3) is 0.0769. The second-order valence-corrected chi connectivity index (χ2v) is 3.73. The molecule has 1 aromatic carbocycles. The summed E-state index contributed by atoms with van der Waals surface area (Å²) in [6, 6.07) is 9.52. The fourth-order valence-electron chi connectivity index (χ4n) is 2.10.